The van der Waals surface area contributed by atoms with Crippen molar-refractivity contribution in [1.29, 1.82) is 0 Å². The quantitative estimate of drug-likeness (QED) is 0.458. The highest BCUT2D eigenvalue weighted by atomic mass is 127. The molecule has 21 heavy (non-hydrogen) atoms. The van der Waals surface area contributed by atoms with Crippen LogP contribution in [-0.2, 0) is 5.41 Å². The number of nitrogens with zero attached hydrogens (tertiary/aromatic N) is 1. The van der Waals surface area contributed by atoms with E-state index in [-0.39, 0.29) is 35.2 Å². The van der Waals surface area contributed by atoms with Crippen LogP contribution in [0.15, 0.2) is 29.3 Å². The highest BCUT2D eigenvalue weighted by molar-refractivity contribution is 14.0. The predicted octanol–water partition coefficient (Wildman–Crippen LogP) is 3.29. The SMILES string of the molecule is CN=C(NCC(C)(C)c1cccc(F)c1)NC1CC1C.I. The van der Waals surface area contributed by atoms with E-state index >= 15 is 0 Å². The van der Waals surface area contributed by atoms with E-state index in [1.807, 2.05) is 6.07 Å². The van der Waals surface area contributed by atoms with Gasteiger partial charge in [0, 0.05) is 25.0 Å². The van der Waals surface area contributed by atoms with E-state index in [1.54, 1.807) is 19.2 Å². The molecule has 1 saturated carbocycles. The molecule has 3 nitrogen and oxygen atoms in total. The molecule has 2 unspecified atom stereocenters. The molecule has 118 valence electrons. The van der Waals surface area contributed by atoms with E-state index in [4.69, 9.17) is 0 Å². The van der Waals surface area contributed by atoms with E-state index in [0.29, 0.717) is 12.6 Å². The van der Waals surface area contributed by atoms with Gasteiger partial charge in [-0.25, -0.2) is 4.39 Å². The Morgan fingerprint density at radius 2 is 2.10 bits per heavy atom. The zero-order valence-electron chi connectivity index (χ0n) is 13.1. The Balaban J connectivity index is 0.00000220. The molecule has 0 amide bonds. The summed E-state index contributed by atoms with van der Waals surface area (Å²) in [6, 6.07) is 7.33. The smallest absolute Gasteiger partial charge is 0.191 e. The molecule has 2 atom stereocenters. The van der Waals surface area contributed by atoms with E-state index in [9.17, 15) is 4.39 Å². The summed E-state index contributed by atoms with van der Waals surface area (Å²) in [6.45, 7) is 7.13. The molecule has 0 radical (unpaired) electrons. The molecule has 0 aromatic heterocycles. The highest BCUT2D eigenvalue weighted by Gasteiger charge is 2.33. The maximum atomic E-state index is 13.3. The third-order valence-corrected chi connectivity index (χ3v) is 3.96. The van der Waals surface area contributed by atoms with Crippen LogP contribution in [0.2, 0.25) is 0 Å². The van der Waals surface area contributed by atoms with Crippen molar-refractivity contribution in [2.75, 3.05) is 13.6 Å². The lowest BCUT2D eigenvalue weighted by Gasteiger charge is -2.27. The van der Waals surface area contributed by atoms with Crippen LogP contribution in [0, 0.1) is 11.7 Å². The number of hydrogen-bond acceptors (Lipinski definition) is 1. The van der Waals surface area contributed by atoms with Gasteiger partial charge in [0.05, 0.1) is 0 Å². The van der Waals surface area contributed by atoms with Crippen LogP contribution in [0.1, 0.15) is 32.8 Å². The van der Waals surface area contributed by atoms with Gasteiger partial charge in [-0.2, -0.15) is 0 Å². The van der Waals surface area contributed by atoms with Crippen molar-refractivity contribution in [3.05, 3.63) is 35.6 Å². The average molecular weight is 405 g/mol. The molecule has 0 spiro atoms. The second-order valence-electron chi connectivity index (χ2n) is 6.28. The highest BCUT2D eigenvalue weighted by Crippen LogP contribution is 2.29. The first-order valence-electron chi connectivity index (χ1n) is 7.15. The van der Waals surface area contributed by atoms with Gasteiger partial charge in [0.1, 0.15) is 5.82 Å². The second kappa shape index (κ2) is 7.42. The standard InChI is InChI=1S/C16H24FN3.HI/c1-11-8-14(11)20-15(18-4)19-10-16(2,3)12-6-5-7-13(17)9-12;/h5-7,9,11,14H,8,10H2,1-4H3,(H2,18,19,20);1H. The van der Waals surface area contributed by atoms with Crippen molar-refractivity contribution in [2.24, 2.45) is 10.9 Å². The number of nitrogens with one attached hydrogen (secondary N) is 2. The fourth-order valence-corrected chi connectivity index (χ4v) is 2.21. The molecule has 2 N–H and O–H groups in total. The van der Waals surface area contributed by atoms with Gasteiger partial charge in [0.25, 0.3) is 0 Å². The van der Waals surface area contributed by atoms with Crippen molar-refractivity contribution in [2.45, 2.75) is 38.6 Å². The molecule has 5 heteroatoms. The van der Waals surface area contributed by atoms with Crippen molar-refractivity contribution >= 4 is 29.9 Å². The first-order valence-corrected chi connectivity index (χ1v) is 7.15. The molecule has 1 aromatic carbocycles. The van der Waals surface area contributed by atoms with Gasteiger partial charge in [-0.05, 0) is 30.0 Å². The summed E-state index contributed by atoms with van der Waals surface area (Å²) in [5, 5.41) is 6.73. The summed E-state index contributed by atoms with van der Waals surface area (Å²) in [6.07, 6.45) is 1.20. The van der Waals surface area contributed by atoms with E-state index < -0.39 is 0 Å². The maximum absolute atomic E-state index is 13.3. The number of halogens is 2. The fraction of sp³-hybridized carbons (Fsp3) is 0.562. The van der Waals surface area contributed by atoms with Crippen LogP contribution in [-0.4, -0.2) is 25.6 Å². The number of benzene rings is 1. The number of hydrogen-bond donors (Lipinski definition) is 2. The monoisotopic (exact) mass is 405 g/mol. The van der Waals surface area contributed by atoms with Gasteiger partial charge in [-0.3, -0.25) is 4.99 Å². The fourth-order valence-electron chi connectivity index (χ4n) is 2.21. The number of rotatable bonds is 4. The Bertz CT molecular complexity index is 502. The Morgan fingerprint density at radius 1 is 1.43 bits per heavy atom. The minimum atomic E-state index is -0.190. The lowest BCUT2D eigenvalue weighted by molar-refractivity contribution is 0.502. The van der Waals surface area contributed by atoms with Crippen LogP contribution < -0.4 is 10.6 Å². The van der Waals surface area contributed by atoms with Crippen LogP contribution >= 0.6 is 24.0 Å². The molecule has 0 aliphatic heterocycles. The minimum Gasteiger partial charge on any atom is -0.356 e. The Kier molecular flexibility index (Phi) is 6.43. The van der Waals surface area contributed by atoms with Gasteiger partial charge < -0.3 is 10.6 Å². The predicted molar refractivity (Wildman–Crippen MR) is 96.9 cm³/mol. The van der Waals surface area contributed by atoms with Crippen LogP contribution in [0.5, 0.6) is 0 Å². The summed E-state index contributed by atoms with van der Waals surface area (Å²) >= 11 is 0. The minimum absolute atomic E-state index is 0. The van der Waals surface area contributed by atoms with Gasteiger partial charge in [-0.15, -0.1) is 24.0 Å². The van der Waals surface area contributed by atoms with Gasteiger partial charge >= 0.3 is 0 Å². The Labute approximate surface area is 143 Å². The van der Waals surface area contributed by atoms with Crippen molar-refractivity contribution in [3.63, 3.8) is 0 Å². The van der Waals surface area contributed by atoms with E-state index in [1.165, 1.54) is 12.5 Å². The molecule has 0 saturated heterocycles. The lowest BCUT2D eigenvalue weighted by atomic mass is 9.84. The molecule has 1 aromatic rings. The summed E-state index contributed by atoms with van der Waals surface area (Å²) in [7, 11) is 1.78. The maximum Gasteiger partial charge on any atom is 0.191 e. The second-order valence-corrected chi connectivity index (χ2v) is 6.28. The molecule has 0 heterocycles. The van der Waals surface area contributed by atoms with Crippen molar-refractivity contribution in [3.8, 4) is 0 Å². The molecule has 1 aliphatic carbocycles. The number of guanidine groups is 1. The summed E-state index contributed by atoms with van der Waals surface area (Å²) in [5.41, 5.74) is 0.828. The molecule has 0 bridgehead atoms. The van der Waals surface area contributed by atoms with Crippen molar-refractivity contribution in [1.82, 2.24) is 10.6 Å². The molecule has 1 fully saturated rings. The molecule has 2 rings (SSSR count). The third-order valence-electron chi connectivity index (χ3n) is 3.96. The first kappa shape index (κ1) is 18.2. The third kappa shape index (κ3) is 5.13. The van der Waals surface area contributed by atoms with E-state index in [0.717, 1.165) is 17.4 Å². The molecular formula is C16H25FIN3. The average Bonchev–Trinajstić information content (AvgIpc) is 3.10. The molecule has 1 aliphatic rings. The van der Waals surface area contributed by atoms with E-state index in [2.05, 4.69) is 36.4 Å². The van der Waals surface area contributed by atoms with Crippen LogP contribution in [0.25, 0.3) is 0 Å². The van der Waals surface area contributed by atoms with Crippen LogP contribution in [0.4, 0.5) is 4.39 Å². The van der Waals surface area contributed by atoms with Gasteiger partial charge in [-0.1, -0.05) is 32.9 Å². The van der Waals surface area contributed by atoms with Gasteiger partial charge in [0.2, 0.25) is 0 Å². The zero-order valence-corrected chi connectivity index (χ0v) is 15.4. The van der Waals surface area contributed by atoms with Crippen molar-refractivity contribution < 1.29 is 4.39 Å². The first-order chi connectivity index (χ1) is 9.42. The Hall–Kier alpha value is -0.850. The number of aliphatic imine (C=N–C) groups is 1. The van der Waals surface area contributed by atoms with Crippen LogP contribution in [0.3, 0.4) is 0 Å². The summed E-state index contributed by atoms with van der Waals surface area (Å²) < 4.78 is 13.3. The summed E-state index contributed by atoms with van der Waals surface area (Å²) in [4.78, 5) is 4.24. The summed E-state index contributed by atoms with van der Waals surface area (Å²) in [5.74, 6) is 1.36. The topological polar surface area (TPSA) is 36.4 Å². The zero-order chi connectivity index (χ0) is 14.8. The van der Waals surface area contributed by atoms with Gasteiger partial charge in [0.15, 0.2) is 5.96 Å². The normalized spacial score (nSPS) is 21.5. The lowest BCUT2D eigenvalue weighted by Crippen LogP contribution is -2.44. The molecular weight excluding hydrogens is 380 g/mol. The largest absolute Gasteiger partial charge is 0.356 e. The Morgan fingerprint density at radius 3 is 2.62 bits per heavy atom.